The Kier molecular flexibility index (Phi) is 7.11. The highest BCUT2D eigenvalue weighted by Crippen LogP contribution is 2.10. The lowest BCUT2D eigenvalue weighted by Crippen LogP contribution is -2.37. The zero-order chi connectivity index (χ0) is 17.2. The SMILES string of the molecule is O=C(NCCCc1ccc(O)cc1)NCCc1ccc(CO)cc1. The van der Waals surface area contributed by atoms with E-state index in [0.29, 0.717) is 13.1 Å². The number of amides is 2. The van der Waals surface area contributed by atoms with E-state index in [1.54, 1.807) is 12.1 Å². The van der Waals surface area contributed by atoms with Crippen LogP contribution >= 0.6 is 0 Å². The van der Waals surface area contributed by atoms with Gasteiger partial charge in [-0.25, -0.2) is 4.79 Å². The van der Waals surface area contributed by atoms with Crippen molar-refractivity contribution >= 4 is 6.03 Å². The summed E-state index contributed by atoms with van der Waals surface area (Å²) in [7, 11) is 0. The molecular weight excluding hydrogens is 304 g/mol. The standard InChI is InChI=1S/C19H24N2O3/c22-14-17-5-3-16(4-6-17)11-13-21-19(24)20-12-1-2-15-7-9-18(23)10-8-15/h3-10,22-23H,1-2,11-14H2,(H2,20,21,24). The summed E-state index contributed by atoms with van der Waals surface area (Å²) in [5.74, 6) is 0.266. The van der Waals surface area contributed by atoms with Gasteiger partial charge in [-0.3, -0.25) is 0 Å². The third-order valence-electron chi connectivity index (χ3n) is 3.77. The second-order valence-corrected chi connectivity index (χ2v) is 5.68. The topological polar surface area (TPSA) is 81.6 Å². The number of benzene rings is 2. The number of hydrogen-bond acceptors (Lipinski definition) is 3. The maximum Gasteiger partial charge on any atom is 0.314 e. The zero-order valence-corrected chi connectivity index (χ0v) is 13.7. The summed E-state index contributed by atoms with van der Waals surface area (Å²) in [4.78, 5) is 11.7. The van der Waals surface area contributed by atoms with Crippen molar-refractivity contribution in [2.45, 2.75) is 25.9 Å². The van der Waals surface area contributed by atoms with E-state index in [-0.39, 0.29) is 18.4 Å². The molecule has 0 radical (unpaired) electrons. The molecule has 5 heteroatoms. The molecule has 128 valence electrons. The summed E-state index contributed by atoms with van der Waals surface area (Å²) >= 11 is 0. The minimum atomic E-state index is -0.160. The fourth-order valence-electron chi connectivity index (χ4n) is 2.35. The van der Waals surface area contributed by atoms with Crippen LogP contribution in [0, 0.1) is 0 Å². The minimum Gasteiger partial charge on any atom is -0.508 e. The highest BCUT2D eigenvalue weighted by Gasteiger charge is 2.00. The highest BCUT2D eigenvalue weighted by molar-refractivity contribution is 5.73. The van der Waals surface area contributed by atoms with Crippen LogP contribution in [0.1, 0.15) is 23.1 Å². The second kappa shape index (κ2) is 9.57. The van der Waals surface area contributed by atoms with Crippen molar-refractivity contribution in [3.8, 4) is 5.75 Å². The van der Waals surface area contributed by atoms with E-state index in [0.717, 1.165) is 36.0 Å². The summed E-state index contributed by atoms with van der Waals surface area (Å²) in [5, 5.41) is 23.9. The number of aryl methyl sites for hydroxylation is 1. The molecule has 2 amide bonds. The molecule has 4 N–H and O–H groups in total. The van der Waals surface area contributed by atoms with Crippen molar-refractivity contribution in [1.82, 2.24) is 10.6 Å². The van der Waals surface area contributed by atoms with Gasteiger partial charge in [0.05, 0.1) is 6.61 Å². The third-order valence-corrected chi connectivity index (χ3v) is 3.77. The molecule has 0 atom stereocenters. The molecule has 0 unspecified atom stereocenters. The van der Waals surface area contributed by atoms with E-state index < -0.39 is 0 Å². The first-order chi connectivity index (χ1) is 11.7. The summed E-state index contributed by atoms with van der Waals surface area (Å²) < 4.78 is 0. The van der Waals surface area contributed by atoms with Gasteiger partial charge in [0, 0.05) is 13.1 Å². The molecule has 24 heavy (non-hydrogen) atoms. The van der Waals surface area contributed by atoms with E-state index in [4.69, 9.17) is 5.11 Å². The lowest BCUT2D eigenvalue weighted by Gasteiger charge is -2.08. The number of phenols is 1. The van der Waals surface area contributed by atoms with E-state index in [1.165, 1.54) is 0 Å². The molecule has 2 aromatic rings. The molecule has 0 fully saturated rings. The van der Waals surface area contributed by atoms with Gasteiger partial charge in [-0.1, -0.05) is 36.4 Å². The molecule has 0 aliphatic heterocycles. The van der Waals surface area contributed by atoms with Gasteiger partial charge in [0.2, 0.25) is 0 Å². The van der Waals surface area contributed by atoms with Crippen LogP contribution in [-0.4, -0.2) is 29.3 Å². The third kappa shape index (κ3) is 6.30. The normalized spacial score (nSPS) is 10.4. The summed E-state index contributed by atoms with van der Waals surface area (Å²) in [6, 6.07) is 14.6. The number of hydrogen-bond donors (Lipinski definition) is 4. The minimum absolute atomic E-state index is 0.0467. The van der Waals surface area contributed by atoms with E-state index >= 15 is 0 Å². The largest absolute Gasteiger partial charge is 0.508 e. The number of carbonyl (C=O) groups excluding carboxylic acids is 1. The van der Waals surface area contributed by atoms with Gasteiger partial charge in [0.15, 0.2) is 0 Å². The van der Waals surface area contributed by atoms with Gasteiger partial charge >= 0.3 is 6.03 Å². The highest BCUT2D eigenvalue weighted by atomic mass is 16.3. The number of aliphatic hydroxyl groups is 1. The molecule has 2 aromatic carbocycles. The first-order valence-electron chi connectivity index (χ1n) is 8.15. The molecule has 0 saturated heterocycles. The van der Waals surface area contributed by atoms with Crippen molar-refractivity contribution in [2.24, 2.45) is 0 Å². The summed E-state index contributed by atoms with van der Waals surface area (Å²) in [6.07, 6.45) is 2.46. The number of rotatable bonds is 8. The van der Waals surface area contributed by atoms with Crippen LogP contribution in [0.25, 0.3) is 0 Å². The Balaban J connectivity index is 1.56. The molecule has 0 aromatic heterocycles. The van der Waals surface area contributed by atoms with Crippen LogP contribution in [-0.2, 0) is 19.4 Å². The van der Waals surface area contributed by atoms with Gasteiger partial charge in [0.25, 0.3) is 0 Å². The Morgan fingerprint density at radius 1 is 0.792 bits per heavy atom. The fraction of sp³-hybridized carbons (Fsp3) is 0.316. The van der Waals surface area contributed by atoms with Gasteiger partial charge in [-0.05, 0) is 48.1 Å². The molecule has 0 bridgehead atoms. The number of urea groups is 1. The zero-order valence-electron chi connectivity index (χ0n) is 13.7. The molecule has 5 nitrogen and oxygen atoms in total. The van der Waals surface area contributed by atoms with Crippen molar-refractivity contribution < 1.29 is 15.0 Å². The van der Waals surface area contributed by atoms with E-state index in [9.17, 15) is 9.90 Å². The van der Waals surface area contributed by atoms with Crippen molar-refractivity contribution in [3.63, 3.8) is 0 Å². The lowest BCUT2D eigenvalue weighted by atomic mass is 10.1. The molecule has 0 aliphatic rings. The molecule has 0 spiro atoms. The van der Waals surface area contributed by atoms with Gasteiger partial charge in [-0.2, -0.15) is 0 Å². The lowest BCUT2D eigenvalue weighted by molar-refractivity contribution is 0.241. The number of aromatic hydroxyl groups is 1. The number of phenolic OH excluding ortho intramolecular Hbond substituents is 1. The van der Waals surface area contributed by atoms with Crippen LogP contribution < -0.4 is 10.6 Å². The van der Waals surface area contributed by atoms with E-state index in [1.807, 2.05) is 36.4 Å². The Morgan fingerprint density at radius 2 is 1.33 bits per heavy atom. The molecule has 0 saturated carbocycles. The van der Waals surface area contributed by atoms with Crippen molar-refractivity contribution in [3.05, 3.63) is 65.2 Å². The van der Waals surface area contributed by atoms with E-state index in [2.05, 4.69) is 10.6 Å². The predicted molar refractivity (Wildman–Crippen MR) is 93.9 cm³/mol. The second-order valence-electron chi connectivity index (χ2n) is 5.68. The summed E-state index contributed by atoms with van der Waals surface area (Å²) in [6.45, 7) is 1.23. The molecule has 2 rings (SSSR count). The number of carbonyl (C=O) groups is 1. The average molecular weight is 328 g/mol. The smallest absolute Gasteiger partial charge is 0.314 e. The maximum atomic E-state index is 11.7. The van der Waals surface area contributed by atoms with Crippen molar-refractivity contribution in [1.29, 1.82) is 0 Å². The van der Waals surface area contributed by atoms with Gasteiger partial charge < -0.3 is 20.8 Å². The number of aliphatic hydroxyl groups excluding tert-OH is 1. The summed E-state index contributed by atoms with van der Waals surface area (Å²) in [5.41, 5.74) is 3.15. The van der Waals surface area contributed by atoms with Crippen molar-refractivity contribution in [2.75, 3.05) is 13.1 Å². The quantitative estimate of drug-likeness (QED) is 0.562. The van der Waals surface area contributed by atoms with Gasteiger partial charge in [0.1, 0.15) is 5.75 Å². The molecule has 0 aliphatic carbocycles. The van der Waals surface area contributed by atoms with Crippen LogP contribution in [0.2, 0.25) is 0 Å². The Bertz CT molecular complexity index is 624. The Hall–Kier alpha value is -2.53. The maximum absolute atomic E-state index is 11.7. The van der Waals surface area contributed by atoms with Gasteiger partial charge in [-0.15, -0.1) is 0 Å². The molecular formula is C19H24N2O3. The molecule has 0 heterocycles. The fourth-order valence-corrected chi connectivity index (χ4v) is 2.35. The average Bonchev–Trinajstić information content (AvgIpc) is 2.61. The van der Waals surface area contributed by atoms with Crippen LogP contribution in [0.15, 0.2) is 48.5 Å². The van der Waals surface area contributed by atoms with Crippen LogP contribution in [0.5, 0.6) is 5.75 Å². The first-order valence-corrected chi connectivity index (χ1v) is 8.15. The van der Waals surface area contributed by atoms with Crippen LogP contribution in [0.4, 0.5) is 4.79 Å². The predicted octanol–water partition coefficient (Wildman–Crippen LogP) is 2.36. The van der Waals surface area contributed by atoms with Crippen LogP contribution in [0.3, 0.4) is 0 Å². The Labute approximate surface area is 142 Å². The Morgan fingerprint density at radius 3 is 2.00 bits per heavy atom. The first kappa shape index (κ1) is 17.8. The monoisotopic (exact) mass is 328 g/mol. The number of nitrogens with one attached hydrogen (secondary N) is 2.